The fraction of sp³-hybridized carbons (Fsp3) is 0.878. The van der Waals surface area contributed by atoms with Crippen molar-refractivity contribution in [3.05, 3.63) is 11.8 Å². The Morgan fingerprint density at radius 1 is 0.833 bits per heavy atom. The number of likely N-dealkylation sites (tertiary alicyclic amines) is 2. The Morgan fingerprint density at radius 2 is 1.63 bits per heavy atom. The molecule has 12 nitrogen and oxygen atoms in total. The van der Waals surface area contributed by atoms with Gasteiger partial charge in [0.1, 0.15) is 6.17 Å². The largest absolute Gasteiger partial charge is 0.374 e. The number of amides is 2. The molecule has 0 aromatic rings. The molecule has 8 fully saturated rings. The minimum Gasteiger partial charge on any atom is -0.374 e. The molecule has 0 radical (unpaired) electrons. The molecule has 13 heteroatoms. The van der Waals surface area contributed by atoms with E-state index in [0.29, 0.717) is 44.0 Å². The summed E-state index contributed by atoms with van der Waals surface area (Å²) in [5, 5.41) is 6.32. The van der Waals surface area contributed by atoms with Crippen molar-refractivity contribution in [2.75, 3.05) is 79.0 Å². The number of carbonyl (C=O) groups excluding carboxylic acids is 3. The van der Waals surface area contributed by atoms with Crippen molar-refractivity contribution in [3.8, 4) is 0 Å². The standard InChI is InChI=1S/C41H64FN7O5/c1-45-17-19-47(20-18-45)14-6-11-43-41(52)30-25-49-32-23-34-28(27-7-2-3-8-33(27)53-34)22-35(32)54-40-37(49)29(39(30)51)21-31(42)38(40)48-16-9-26(24-48)44-36(50)10-15-46-12-4-5-13-46/h25-29,31-35,37-38,40H,2-24H2,1H3,(H,43,52)(H,44,50)/t26-,27?,28?,29?,31?,32?,33?,34?,35?,37?,38?,40?/m1/s1. The topological polar surface area (TPSA) is 110 Å². The number of carbonyl (C=O) groups is 3. The Balaban J connectivity index is 0.916. The van der Waals surface area contributed by atoms with Crippen LogP contribution in [0.3, 0.4) is 0 Å². The molecule has 6 aliphatic heterocycles. The van der Waals surface area contributed by atoms with E-state index in [4.69, 9.17) is 9.47 Å². The lowest BCUT2D eigenvalue weighted by Crippen LogP contribution is -2.73. The van der Waals surface area contributed by atoms with Crippen LogP contribution in [0.2, 0.25) is 0 Å². The van der Waals surface area contributed by atoms with E-state index >= 15 is 4.39 Å². The smallest absolute Gasteiger partial charge is 0.256 e. The van der Waals surface area contributed by atoms with Gasteiger partial charge in [0.05, 0.1) is 48.1 Å². The number of ketones is 1. The number of halogens is 1. The third-order valence-corrected chi connectivity index (χ3v) is 15.1. The molecule has 54 heavy (non-hydrogen) atoms. The minimum absolute atomic E-state index is 0.0258. The van der Waals surface area contributed by atoms with Gasteiger partial charge in [-0.2, -0.15) is 0 Å². The maximum Gasteiger partial charge on any atom is 0.256 e. The Bertz CT molecular complexity index is 1420. The lowest BCUT2D eigenvalue weighted by Gasteiger charge is -2.61. The van der Waals surface area contributed by atoms with Gasteiger partial charge in [0.15, 0.2) is 5.78 Å². The number of likely N-dealkylation sites (N-methyl/N-ethyl adjacent to an activating group) is 1. The summed E-state index contributed by atoms with van der Waals surface area (Å²) in [5.74, 6) is -0.184. The predicted octanol–water partition coefficient (Wildman–Crippen LogP) is 1.78. The zero-order valence-corrected chi connectivity index (χ0v) is 32.4. The van der Waals surface area contributed by atoms with Crippen molar-refractivity contribution in [1.29, 1.82) is 0 Å². The molecular formula is C41H64FN7O5. The van der Waals surface area contributed by atoms with Crippen LogP contribution in [0.4, 0.5) is 4.39 Å². The number of Topliss-reactive ketones (excluding diaryl/α,β-unsaturated/α-hetero) is 1. The summed E-state index contributed by atoms with van der Waals surface area (Å²) in [7, 11) is 2.15. The number of morpholine rings is 1. The van der Waals surface area contributed by atoms with E-state index in [1.165, 1.54) is 32.1 Å². The molecule has 3 aliphatic carbocycles. The number of nitrogens with zero attached hydrogens (tertiary/aromatic N) is 5. The van der Waals surface area contributed by atoms with Gasteiger partial charge in [0, 0.05) is 76.9 Å². The van der Waals surface area contributed by atoms with Crippen molar-refractivity contribution in [3.63, 3.8) is 0 Å². The normalized spacial score (nSPS) is 41.5. The first kappa shape index (κ1) is 37.4. The van der Waals surface area contributed by atoms with E-state index < -0.39 is 24.2 Å². The third kappa shape index (κ3) is 7.39. The number of fused-ring (bicyclic) bond motifs is 5. The molecule has 0 aromatic heterocycles. The van der Waals surface area contributed by atoms with Crippen molar-refractivity contribution >= 4 is 17.6 Å². The number of hydrogen-bond acceptors (Lipinski definition) is 10. The zero-order chi connectivity index (χ0) is 36.9. The van der Waals surface area contributed by atoms with Crippen molar-refractivity contribution in [2.45, 2.75) is 132 Å². The Labute approximate surface area is 320 Å². The van der Waals surface area contributed by atoms with Crippen LogP contribution in [-0.2, 0) is 23.9 Å². The second-order valence-corrected chi connectivity index (χ2v) is 18.3. The molecule has 2 N–H and O–H groups in total. The molecular weight excluding hydrogens is 689 g/mol. The fourth-order valence-corrected chi connectivity index (χ4v) is 12.2. The number of hydrogen-bond donors (Lipinski definition) is 2. The van der Waals surface area contributed by atoms with Crippen LogP contribution < -0.4 is 10.6 Å². The monoisotopic (exact) mass is 753 g/mol. The van der Waals surface area contributed by atoms with Crippen molar-refractivity contribution in [1.82, 2.24) is 35.1 Å². The molecule has 12 atom stereocenters. The first-order valence-electron chi connectivity index (χ1n) is 21.7. The Kier molecular flexibility index (Phi) is 11.1. The fourth-order valence-electron chi connectivity index (χ4n) is 12.2. The number of piperazine rings is 1. The maximum atomic E-state index is 16.8. The summed E-state index contributed by atoms with van der Waals surface area (Å²) >= 11 is 0. The Hall–Kier alpha value is -2.16. The minimum atomic E-state index is -1.27. The molecule has 5 saturated heterocycles. The number of nitrogens with one attached hydrogen (secondary N) is 2. The van der Waals surface area contributed by atoms with Gasteiger partial charge in [-0.25, -0.2) is 4.39 Å². The van der Waals surface area contributed by atoms with Crippen LogP contribution in [0.5, 0.6) is 0 Å². The first-order valence-corrected chi connectivity index (χ1v) is 21.7. The van der Waals surface area contributed by atoms with Gasteiger partial charge in [-0.3, -0.25) is 19.3 Å². The van der Waals surface area contributed by atoms with Crippen LogP contribution in [-0.4, -0.2) is 176 Å². The van der Waals surface area contributed by atoms with Crippen LogP contribution in [0, 0.1) is 17.8 Å². The summed E-state index contributed by atoms with van der Waals surface area (Å²) < 4.78 is 30.7. The van der Waals surface area contributed by atoms with Gasteiger partial charge in [-0.05, 0) is 96.3 Å². The maximum absolute atomic E-state index is 16.8. The summed E-state index contributed by atoms with van der Waals surface area (Å²) in [6.45, 7) is 9.78. The molecule has 11 unspecified atom stereocenters. The summed E-state index contributed by atoms with van der Waals surface area (Å²) in [4.78, 5) is 52.7. The Morgan fingerprint density at radius 3 is 2.46 bits per heavy atom. The predicted molar refractivity (Wildman–Crippen MR) is 201 cm³/mol. The molecule has 9 aliphatic rings. The van der Waals surface area contributed by atoms with Gasteiger partial charge in [-0.15, -0.1) is 0 Å². The highest BCUT2D eigenvalue weighted by atomic mass is 19.1. The van der Waals surface area contributed by atoms with Gasteiger partial charge < -0.3 is 39.7 Å². The van der Waals surface area contributed by atoms with Crippen LogP contribution in [0.25, 0.3) is 0 Å². The molecule has 300 valence electrons. The average molecular weight is 754 g/mol. The van der Waals surface area contributed by atoms with Crippen molar-refractivity contribution in [2.24, 2.45) is 17.8 Å². The number of ether oxygens (including phenoxy) is 2. The van der Waals surface area contributed by atoms with Crippen LogP contribution in [0.15, 0.2) is 11.8 Å². The van der Waals surface area contributed by atoms with E-state index in [0.717, 1.165) is 84.5 Å². The molecule has 9 rings (SSSR count). The highest BCUT2D eigenvalue weighted by Gasteiger charge is 2.62. The summed E-state index contributed by atoms with van der Waals surface area (Å²) in [5.41, 5.74) is 0.168. The van der Waals surface area contributed by atoms with Gasteiger partial charge >= 0.3 is 0 Å². The second kappa shape index (κ2) is 16.0. The van der Waals surface area contributed by atoms with Gasteiger partial charge in [-0.1, -0.05) is 12.8 Å². The second-order valence-electron chi connectivity index (χ2n) is 18.3. The molecule has 0 bridgehead atoms. The lowest BCUT2D eigenvalue weighted by molar-refractivity contribution is -0.220. The lowest BCUT2D eigenvalue weighted by atomic mass is 9.67. The number of rotatable bonds is 10. The molecule has 6 heterocycles. The van der Waals surface area contributed by atoms with Crippen LogP contribution >= 0.6 is 0 Å². The van der Waals surface area contributed by atoms with Crippen molar-refractivity contribution < 1.29 is 28.2 Å². The number of alkyl halides is 1. The summed E-state index contributed by atoms with van der Waals surface area (Å²) in [6.07, 6.45) is 11.4. The van der Waals surface area contributed by atoms with Gasteiger partial charge in [0.2, 0.25) is 5.91 Å². The van der Waals surface area contributed by atoms with E-state index in [-0.39, 0.29) is 59.9 Å². The van der Waals surface area contributed by atoms with E-state index in [1.54, 1.807) is 0 Å². The highest BCUT2D eigenvalue weighted by Crippen LogP contribution is 2.53. The zero-order valence-electron chi connectivity index (χ0n) is 32.4. The quantitative estimate of drug-likeness (QED) is 0.253. The van der Waals surface area contributed by atoms with Gasteiger partial charge in [0.25, 0.3) is 5.91 Å². The average Bonchev–Trinajstić information content (AvgIpc) is 3.94. The highest BCUT2D eigenvalue weighted by molar-refractivity contribution is 6.20. The molecule has 0 spiro atoms. The molecule has 2 amide bonds. The first-order chi connectivity index (χ1) is 26.3. The van der Waals surface area contributed by atoms with E-state index in [2.05, 4.69) is 42.2 Å². The molecule has 0 aromatic carbocycles. The summed E-state index contributed by atoms with van der Waals surface area (Å²) in [6, 6.07) is -0.894. The third-order valence-electron chi connectivity index (χ3n) is 15.1. The molecule has 3 saturated carbocycles. The SMILES string of the molecule is CN1CCN(CCCNC(=O)C2=CN3C4CC5OC6CCCCC6C5CC4OC4C(N5CC[C@@H](NC(=O)CCN6CCCC6)C5)C(F)CC(C2=O)C43)CC1. The van der Waals surface area contributed by atoms with Crippen LogP contribution in [0.1, 0.15) is 77.0 Å². The van der Waals surface area contributed by atoms with E-state index in [1.807, 2.05) is 6.20 Å². The van der Waals surface area contributed by atoms with E-state index in [9.17, 15) is 14.4 Å².